The Balaban J connectivity index is 1.75. The highest BCUT2D eigenvalue weighted by atomic mass is 19.1. The number of aromatic nitrogens is 3. The fourth-order valence-corrected chi connectivity index (χ4v) is 2.26. The standard InChI is InChI=1S/C13H10FN5O2/c14-10-2-1-3-12(9(10)4-15)18-5-8(6-18)19-7-11(13(20)21)16-17-19/h1-3,7-8H,5-6H2,(H,20,21). The van der Waals surface area contributed by atoms with Gasteiger partial charge in [0.05, 0.1) is 17.9 Å². The first-order valence-corrected chi connectivity index (χ1v) is 6.19. The summed E-state index contributed by atoms with van der Waals surface area (Å²) in [5.41, 5.74) is 0.435. The van der Waals surface area contributed by atoms with E-state index < -0.39 is 11.8 Å². The van der Waals surface area contributed by atoms with Crippen LogP contribution in [-0.2, 0) is 0 Å². The molecular formula is C13H10FN5O2. The summed E-state index contributed by atoms with van der Waals surface area (Å²) in [6.45, 7) is 1.03. The molecule has 1 aromatic carbocycles. The molecule has 1 aromatic heterocycles. The summed E-state index contributed by atoms with van der Waals surface area (Å²) in [5, 5.41) is 25.1. The average molecular weight is 287 g/mol. The van der Waals surface area contributed by atoms with Gasteiger partial charge >= 0.3 is 5.97 Å². The molecule has 2 aromatic rings. The number of aromatic carboxylic acids is 1. The van der Waals surface area contributed by atoms with Crippen LogP contribution in [0.15, 0.2) is 24.4 Å². The number of carboxylic acid groups (broad SMARTS) is 1. The third kappa shape index (κ3) is 2.18. The van der Waals surface area contributed by atoms with Gasteiger partial charge in [0.2, 0.25) is 0 Å². The van der Waals surface area contributed by atoms with E-state index in [2.05, 4.69) is 10.3 Å². The fraction of sp³-hybridized carbons (Fsp3) is 0.231. The lowest BCUT2D eigenvalue weighted by atomic mass is 10.0. The predicted octanol–water partition coefficient (Wildman–Crippen LogP) is 1.05. The van der Waals surface area contributed by atoms with Crippen LogP contribution >= 0.6 is 0 Å². The quantitative estimate of drug-likeness (QED) is 0.906. The summed E-state index contributed by atoms with van der Waals surface area (Å²) in [6, 6.07) is 6.30. The number of hydrogen-bond donors (Lipinski definition) is 1. The Labute approximate surface area is 118 Å². The Morgan fingerprint density at radius 1 is 1.48 bits per heavy atom. The van der Waals surface area contributed by atoms with Gasteiger partial charge in [-0.15, -0.1) is 5.10 Å². The third-order valence-corrected chi connectivity index (χ3v) is 3.41. The molecule has 0 amide bonds. The molecule has 0 aliphatic carbocycles. The van der Waals surface area contributed by atoms with Gasteiger partial charge in [0, 0.05) is 13.1 Å². The van der Waals surface area contributed by atoms with Gasteiger partial charge in [-0.3, -0.25) is 0 Å². The van der Waals surface area contributed by atoms with E-state index in [0.29, 0.717) is 18.8 Å². The Kier molecular flexibility index (Phi) is 3.02. The maximum absolute atomic E-state index is 13.5. The number of anilines is 1. The van der Waals surface area contributed by atoms with Gasteiger partial charge in [-0.25, -0.2) is 13.9 Å². The number of carboxylic acids is 1. The van der Waals surface area contributed by atoms with Crippen LogP contribution in [0.25, 0.3) is 0 Å². The summed E-state index contributed by atoms with van der Waals surface area (Å²) in [5.74, 6) is -1.68. The molecule has 0 radical (unpaired) electrons. The van der Waals surface area contributed by atoms with Crippen molar-refractivity contribution in [2.45, 2.75) is 6.04 Å². The summed E-state index contributed by atoms with van der Waals surface area (Å²) in [6.07, 6.45) is 1.36. The highest BCUT2D eigenvalue weighted by molar-refractivity contribution is 5.84. The molecule has 1 fully saturated rings. The molecular weight excluding hydrogens is 277 g/mol. The highest BCUT2D eigenvalue weighted by Crippen LogP contribution is 2.30. The summed E-state index contributed by atoms with van der Waals surface area (Å²) in [4.78, 5) is 12.6. The number of carbonyl (C=O) groups is 1. The second-order valence-corrected chi connectivity index (χ2v) is 4.69. The van der Waals surface area contributed by atoms with Crippen molar-refractivity contribution in [3.05, 3.63) is 41.5 Å². The lowest BCUT2D eigenvalue weighted by Crippen LogP contribution is -2.48. The molecule has 0 bridgehead atoms. The average Bonchev–Trinajstić information content (AvgIpc) is 2.87. The monoisotopic (exact) mass is 287 g/mol. The molecule has 8 heteroatoms. The van der Waals surface area contributed by atoms with Crippen molar-refractivity contribution < 1.29 is 14.3 Å². The van der Waals surface area contributed by atoms with Crippen LogP contribution in [0, 0.1) is 17.1 Å². The molecule has 1 N–H and O–H groups in total. The number of nitrogens with zero attached hydrogens (tertiary/aromatic N) is 5. The summed E-state index contributed by atoms with van der Waals surface area (Å²) >= 11 is 0. The first kappa shape index (κ1) is 13.1. The smallest absolute Gasteiger partial charge is 0.358 e. The van der Waals surface area contributed by atoms with E-state index in [4.69, 9.17) is 10.4 Å². The van der Waals surface area contributed by atoms with Gasteiger partial charge in [0.15, 0.2) is 5.69 Å². The van der Waals surface area contributed by atoms with Crippen molar-refractivity contribution in [2.75, 3.05) is 18.0 Å². The fourth-order valence-electron chi connectivity index (χ4n) is 2.26. The number of hydrogen-bond acceptors (Lipinski definition) is 5. The van der Waals surface area contributed by atoms with E-state index in [1.807, 2.05) is 11.0 Å². The molecule has 1 aliphatic heterocycles. The van der Waals surface area contributed by atoms with Crippen LogP contribution in [-0.4, -0.2) is 39.2 Å². The van der Waals surface area contributed by atoms with Gasteiger partial charge in [0.1, 0.15) is 17.4 Å². The van der Waals surface area contributed by atoms with Crippen molar-refractivity contribution >= 4 is 11.7 Å². The Hall–Kier alpha value is -2.95. The largest absolute Gasteiger partial charge is 0.476 e. The van der Waals surface area contributed by atoms with Gasteiger partial charge in [0.25, 0.3) is 0 Å². The molecule has 21 heavy (non-hydrogen) atoms. The van der Waals surface area contributed by atoms with Gasteiger partial charge in [-0.2, -0.15) is 5.26 Å². The van der Waals surface area contributed by atoms with Crippen LogP contribution in [0.1, 0.15) is 22.1 Å². The molecule has 0 atom stereocenters. The first-order valence-electron chi connectivity index (χ1n) is 6.19. The molecule has 1 aliphatic rings. The minimum atomic E-state index is -1.13. The first-order chi connectivity index (χ1) is 10.1. The van der Waals surface area contributed by atoms with Crippen molar-refractivity contribution in [1.29, 1.82) is 5.26 Å². The van der Waals surface area contributed by atoms with Crippen molar-refractivity contribution in [3.63, 3.8) is 0 Å². The van der Waals surface area contributed by atoms with Crippen LogP contribution in [0.3, 0.4) is 0 Å². The zero-order valence-corrected chi connectivity index (χ0v) is 10.8. The van der Waals surface area contributed by atoms with Gasteiger partial charge < -0.3 is 10.0 Å². The minimum Gasteiger partial charge on any atom is -0.476 e. The lowest BCUT2D eigenvalue weighted by molar-refractivity contribution is 0.0690. The molecule has 0 unspecified atom stereocenters. The molecule has 0 spiro atoms. The van der Waals surface area contributed by atoms with E-state index in [1.54, 1.807) is 12.1 Å². The molecule has 0 saturated carbocycles. The van der Waals surface area contributed by atoms with Crippen molar-refractivity contribution in [2.24, 2.45) is 0 Å². The SMILES string of the molecule is N#Cc1c(F)cccc1N1CC(n2cc(C(=O)O)nn2)C1. The minimum absolute atomic E-state index is 0.0146. The molecule has 7 nitrogen and oxygen atoms in total. The Morgan fingerprint density at radius 3 is 2.86 bits per heavy atom. The van der Waals surface area contributed by atoms with Crippen LogP contribution < -0.4 is 4.90 Å². The number of benzene rings is 1. The van der Waals surface area contributed by atoms with E-state index in [1.165, 1.54) is 16.9 Å². The molecule has 1 saturated heterocycles. The zero-order valence-electron chi connectivity index (χ0n) is 10.8. The highest BCUT2D eigenvalue weighted by Gasteiger charge is 2.31. The maximum Gasteiger partial charge on any atom is 0.358 e. The van der Waals surface area contributed by atoms with Crippen LogP contribution in [0.2, 0.25) is 0 Å². The zero-order chi connectivity index (χ0) is 15.0. The maximum atomic E-state index is 13.5. The van der Waals surface area contributed by atoms with Crippen LogP contribution in [0.5, 0.6) is 0 Å². The van der Waals surface area contributed by atoms with Crippen molar-refractivity contribution in [1.82, 2.24) is 15.0 Å². The predicted molar refractivity (Wildman–Crippen MR) is 69.3 cm³/mol. The topological polar surface area (TPSA) is 95.0 Å². The summed E-state index contributed by atoms with van der Waals surface area (Å²) in [7, 11) is 0. The normalized spacial score (nSPS) is 14.6. The molecule has 3 rings (SSSR count). The lowest BCUT2D eigenvalue weighted by Gasteiger charge is -2.41. The van der Waals surface area contributed by atoms with E-state index >= 15 is 0 Å². The number of halogens is 1. The number of nitriles is 1. The second-order valence-electron chi connectivity index (χ2n) is 4.69. The van der Waals surface area contributed by atoms with E-state index in [0.717, 1.165) is 0 Å². The Morgan fingerprint density at radius 2 is 2.24 bits per heavy atom. The van der Waals surface area contributed by atoms with Gasteiger partial charge in [-0.05, 0) is 12.1 Å². The van der Waals surface area contributed by atoms with Crippen molar-refractivity contribution in [3.8, 4) is 6.07 Å². The number of rotatable bonds is 3. The van der Waals surface area contributed by atoms with Crippen LogP contribution in [0.4, 0.5) is 10.1 Å². The van der Waals surface area contributed by atoms with Gasteiger partial charge in [-0.1, -0.05) is 11.3 Å². The summed E-state index contributed by atoms with van der Waals surface area (Å²) < 4.78 is 15.0. The molecule has 2 heterocycles. The second kappa shape index (κ2) is 4.86. The Bertz CT molecular complexity index is 745. The van der Waals surface area contributed by atoms with E-state index in [-0.39, 0.29) is 17.3 Å². The van der Waals surface area contributed by atoms with E-state index in [9.17, 15) is 9.18 Å². The third-order valence-electron chi connectivity index (χ3n) is 3.41. The molecule has 106 valence electrons.